The summed E-state index contributed by atoms with van der Waals surface area (Å²) in [6.45, 7) is 5.91. The third kappa shape index (κ3) is 2.71. The van der Waals surface area contributed by atoms with Gasteiger partial charge in [0.15, 0.2) is 0 Å². The third-order valence-electron chi connectivity index (χ3n) is 4.94. The molecule has 2 heterocycles. The van der Waals surface area contributed by atoms with Crippen LogP contribution in [0, 0.1) is 20.9 Å². The lowest BCUT2D eigenvalue weighted by Crippen LogP contribution is -2.48. The lowest BCUT2D eigenvalue weighted by atomic mass is 9.86. The number of aryl methyl sites for hydroxylation is 1. The maximum atomic E-state index is 13.6. The number of anilines is 1. The number of rotatable bonds is 2. The number of carbonyl (C=O) groups excluding carboxylic acids is 1. The summed E-state index contributed by atoms with van der Waals surface area (Å²) in [4.78, 5) is 27.3. The van der Waals surface area contributed by atoms with E-state index in [-0.39, 0.29) is 11.3 Å². The molecule has 2 aromatic carbocycles. The second-order valence-corrected chi connectivity index (χ2v) is 9.97. The van der Waals surface area contributed by atoms with Crippen LogP contribution in [0.5, 0.6) is 0 Å². The Kier molecular flexibility index (Phi) is 4.45. The Morgan fingerprint density at radius 1 is 1.18 bits per heavy atom. The molecule has 0 bridgehead atoms. The van der Waals surface area contributed by atoms with Crippen LogP contribution in [0.4, 0.5) is 11.4 Å². The molecule has 0 saturated carbocycles. The first-order valence-electron chi connectivity index (χ1n) is 8.56. The minimum absolute atomic E-state index is 0.0781. The summed E-state index contributed by atoms with van der Waals surface area (Å²) in [5.41, 5.74) is 2.89. The number of benzene rings is 2. The highest BCUT2D eigenvalue weighted by molar-refractivity contribution is 7.80. The highest BCUT2D eigenvalue weighted by atomic mass is 32.9. The second-order valence-electron chi connectivity index (χ2n) is 7.15. The van der Waals surface area contributed by atoms with E-state index in [0.717, 1.165) is 31.1 Å². The summed E-state index contributed by atoms with van der Waals surface area (Å²) in [7, 11) is 3.08. The Bertz CT molecular complexity index is 1190. The SMILES string of the molecule is Cc1ccc2c(c1)-c1c(ssc1=S)C(C)(C)N2C(=O)c1ccccc1[N+](=O)[O-]. The highest BCUT2D eigenvalue weighted by Gasteiger charge is 2.44. The first-order chi connectivity index (χ1) is 13.2. The van der Waals surface area contributed by atoms with Gasteiger partial charge in [-0.3, -0.25) is 19.8 Å². The van der Waals surface area contributed by atoms with Crippen LogP contribution >= 0.6 is 32.9 Å². The van der Waals surface area contributed by atoms with Crippen molar-refractivity contribution < 1.29 is 9.72 Å². The molecule has 1 aliphatic rings. The molecule has 8 heteroatoms. The summed E-state index contributed by atoms with van der Waals surface area (Å²) in [5.74, 6) is -0.391. The number of nitro benzene ring substituents is 1. The smallest absolute Gasteiger partial charge is 0.282 e. The average Bonchev–Trinajstić information content (AvgIpc) is 3.05. The van der Waals surface area contributed by atoms with E-state index < -0.39 is 16.4 Å². The molecular weight excluding hydrogens is 412 g/mol. The maximum absolute atomic E-state index is 13.6. The fourth-order valence-corrected chi connectivity index (χ4v) is 6.92. The van der Waals surface area contributed by atoms with Gasteiger partial charge in [0.1, 0.15) is 9.39 Å². The van der Waals surface area contributed by atoms with E-state index in [4.69, 9.17) is 12.2 Å². The van der Waals surface area contributed by atoms with Crippen LogP contribution in [-0.2, 0) is 5.54 Å². The molecule has 0 aliphatic carbocycles. The molecule has 0 atom stereocenters. The number of hydrogen-bond acceptors (Lipinski definition) is 6. The van der Waals surface area contributed by atoms with Gasteiger partial charge in [-0.25, -0.2) is 0 Å². The van der Waals surface area contributed by atoms with Crippen LogP contribution in [0.1, 0.15) is 34.6 Å². The molecular formula is C20H16N2O3S3. The van der Waals surface area contributed by atoms with Crippen molar-refractivity contribution in [2.24, 2.45) is 0 Å². The van der Waals surface area contributed by atoms with Gasteiger partial charge in [-0.15, -0.1) is 0 Å². The van der Waals surface area contributed by atoms with Crippen molar-refractivity contribution in [2.75, 3.05) is 4.90 Å². The Hall–Kier alpha value is -2.42. The summed E-state index contributed by atoms with van der Waals surface area (Å²) in [6, 6.07) is 12.0. The van der Waals surface area contributed by atoms with Crippen LogP contribution < -0.4 is 4.90 Å². The van der Waals surface area contributed by atoms with Gasteiger partial charge in [0.05, 0.1) is 21.0 Å². The van der Waals surface area contributed by atoms with Crippen molar-refractivity contribution in [2.45, 2.75) is 26.3 Å². The normalized spacial score (nSPS) is 14.3. The van der Waals surface area contributed by atoms with Gasteiger partial charge in [0, 0.05) is 17.2 Å². The molecule has 0 unspecified atom stereocenters. The van der Waals surface area contributed by atoms with Gasteiger partial charge in [-0.05, 0) is 39.0 Å². The molecule has 4 rings (SSSR count). The fraction of sp³-hybridized carbons (Fsp3) is 0.200. The summed E-state index contributed by atoms with van der Waals surface area (Å²) in [5, 5.41) is 11.5. The average molecular weight is 429 g/mol. The molecule has 0 radical (unpaired) electrons. The number of hydrogen-bond donors (Lipinski definition) is 0. The highest BCUT2D eigenvalue weighted by Crippen LogP contribution is 2.52. The number of nitro groups is 1. The molecule has 5 nitrogen and oxygen atoms in total. The fourth-order valence-electron chi connectivity index (χ4n) is 3.64. The Balaban J connectivity index is 2.00. The molecule has 0 saturated heterocycles. The number of para-hydroxylation sites is 1. The molecule has 1 aliphatic heterocycles. The van der Waals surface area contributed by atoms with Crippen molar-refractivity contribution in [3.63, 3.8) is 0 Å². The van der Waals surface area contributed by atoms with Crippen LogP contribution in [0.15, 0.2) is 42.5 Å². The van der Waals surface area contributed by atoms with E-state index in [2.05, 4.69) is 0 Å². The van der Waals surface area contributed by atoms with Crippen LogP contribution in [-0.4, -0.2) is 10.8 Å². The largest absolute Gasteiger partial charge is 0.297 e. The molecule has 142 valence electrons. The van der Waals surface area contributed by atoms with Gasteiger partial charge in [-0.1, -0.05) is 56.7 Å². The van der Waals surface area contributed by atoms with Crippen molar-refractivity contribution in [3.8, 4) is 11.1 Å². The lowest BCUT2D eigenvalue weighted by Gasteiger charge is -2.43. The Labute approximate surface area is 174 Å². The van der Waals surface area contributed by atoms with E-state index >= 15 is 0 Å². The Morgan fingerprint density at radius 2 is 1.89 bits per heavy atom. The number of nitrogens with zero attached hydrogens (tertiary/aromatic N) is 2. The molecule has 0 N–H and O–H groups in total. The number of fused-ring (bicyclic) bond motifs is 3. The van der Waals surface area contributed by atoms with Gasteiger partial charge in [0.2, 0.25) is 0 Å². The zero-order valence-corrected chi connectivity index (χ0v) is 17.8. The standard InChI is InChI=1S/C20H16N2O3S3/c1-11-8-9-14-13(10-11)16-17(27-28-19(16)26)20(2,3)21(14)18(23)12-6-4-5-7-15(12)22(24)25/h4-10H,1-3H3. The summed E-state index contributed by atoms with van der Waals surface area (Å²) < 4.78 is 0.803. The van der Waals surface area contributed by atoms with E-state index in [1.54, 1.807) is 27.4 Å². The molecule has 0 spiro atoms. The van der Waals surface area contributed by atoms with E-state index in [0.29, 0.717) is 0 Å². The Morgan fingerprint density at radius 3 is 2.61 bits per heavy atom. The van der Waals surface area contributed by atoms with Crippen LogP contribution in [0.25, 0.3) is 11.1 Å². The lowest BCUT2D eigenvalue weighted by molar-refractivity contribution is -0.385. The second kappa shape index (κ2) is 6.58. The molecule has 0 fully saturated rings. The monoisotopic (exact) mass is 428 g/mol. The van der Waals surface area contributed by atoms with Crippen LogP contribution in [0.2, 0.25) is 0 Å². The molecule has 3 aromatic rings. The van der Waals surface area contributed by atoms with Crippen molar-refractivity contribution in [3.05, 3.63) is 72.4 Å². The predicted molar refractivity (Wildman–Crippen MR) is 116 cm³/mol. The van der Waals surface area contributed by atoms with E-state index in [1.165, 1.54) is 22.5 Å². The summed E-state index contributed by atoms with van der Waals surface area (Å²) >= 11 is 5.58. The van der Waals surface area contributed by atoms with E-state index in [9.17, 15) is 14.9 Å². The maximum Gasteiger partial charge on any atom is 0.282 e. The third-order valence-corrected chi connectivity index (χ3v) is 8.27. The zero-order chi connectivity index (χ0) is 20.2. The van der Waals surface area contributed by atoms with Gasteiger partial charge >= 0.3 is 0 Å². The minimum Gasteiger partial charge on any atom is -0.297 e. The number of amides is 1. The number of carbonyl (C=O) groups is 1. The topological polar surface area (TPSA) is 63.5 Å². The minimum atomic E-state index is -0.684. The molecule has 28 heavy (non-hydrogen) atoms. The van der Waals surface area contributed by atoms with Gasteiger partial charge < -0.3 is 0 Å². The quantitative estimate of drug-likeness (QED) is 0.207. The summed E-state index contributed by atoms with van der Waals surface area (Å²) in [6.07, 6.45) is 0. The first kappa shape index (κ1) is 18.9. The van der Waals surface area contributed by atoms with Crippen molar-refractivity contribution in [1.82, 2.24) is 0 Å². The van der Waals surface area contributed by atoms with Gasteiger partial charge in [-0.2, -0.15) is 0 Å². The van der Waals surface area contributed by atoms with Crippen molar-refractivity contribution >= 4 is 50.2 Å². The van der Waals surface area contributed by atoms with Crippen LogP contribution in [0.3, 0.4) is 0 Å². The molecule has 1 amide bonds. The van der Waals surface area contributed by atoms with Gasteiger partial charge in [0.25, 0.3) is 11.6 Å². The van der Waals surface area contributed by atoms with Crippen molar-refractivity contribution in [1.29, 1.82) is 0 Å². The zero-order valence-electron chi connectivity index (χ0n) is 15.4. The first-order valence-corrected chi connectivity index (χ1v) is 11.1. The molecule has 1 aromatic heterocycles. The predicted octanol–water partition coefficient (Wildman–Crippen LogP) is 6.32. The van der Waals surface area contributed by atoms with E-state index in [1.807, 2.05) is 39.0 Å².